The number of nitrogens with one attached hydrogen (secondary N) is 2. The molecular formula is C22H28N4O3. The summed E-state index contributed by atoms with van der Waals surface area (Å²) in [6.07, 6.45) is 0. The smallest absolute Gasteiger partial charge is 0.321 e. The van der Waals surface area contributed by atoms with Crippen molar-refractivity contribution in [2.24, 2.45) is 0 Å². The number of amides is 3. The predicted octanol–water partition coefficient (Wildman–Crippen LogP) is 3.04. The molecule has 1 saturated heterocycles. The number of morpholine rings is 1. The van der Waals surface area contributed by atoms with Crippen LogP contribution in [0.25, 0.3) is 0 Å². The van der Waals surface area contributed by atoms with Crippen LogP contribution < -0.4 is 10.6 Å². The van der Waals surface area contributed by atoms with Gasteiger partial charge in [-0.25, -0.2) is 4.79 Å². The summed E-state index contributed by atoms with van der Waals surface area (Å²) in [5, 5.41) is 5.78. The Hall–Kier alpha value is -2.90. The molecule has 0 aromatic heterocycles. The van der Waals surface area contributed by atoms with Crippen molar-refractivity contribution in [3.05, 3.63) is 59.7 Å². The molecule has 1 fully saturated rings. The van der Waals surface area contributed by atoms with Gasteiger partial charge >= 0.3 is 6.03 Å². The van der Waals surface area contributed by atoms with Gasteiger partial charge in [0.1, 0.15) is 0 Å². The molecule has 154 valence electrons. The highest BCUT2D eigenvalue weighted by Crippen LogP contribution is 2.19. The van der Waals surface area contributed by atoms with E-state index in [1.807, 2.05) is 43.3 Å². The molecule has 3 amide bonds. The van der Waals surface area contributed by atoms with Crippen molar-refractivity contribution >= 4 is 23.3 Å². The lowest BCUT2D eigenvalue weighted by atomic mass is 10.1. The predicted molar refractivity (Wildman–Crippen MR) is 114 cm³/mol. The summed E-state index contributed by atoms with van der Waals surface area (Å²) < 4.78 is 5.35. The van der Waals surface area contributed by atoms with Crippen molar-refractivity contribution in [3.63, 3.8) is 0 Å². The molecule has 7 nitrogen and oxygen atoms in total. The first-order valence-corrected chi connectivity index (χ1v) is 9.82. The summed E-state index contributed by atoms with van der Waals surface area (Å²) in [6.45, 7) is 6.62. The van der Waals surface area contributed by atoms with E-state index in [-0.39, 0.29) is 11.9 Å². The lowest BCUT2D eigenvalue weighted by Crippen LogP contribution is -2.42. The molecule has 0 unspecified atom stereocenters. The maximum atomic E-state index is 12.6. The minimum absolute atomic E-state index is 0.193. The molecule has 0 atom stereocenters. The minimum atomic E-state index is -0.215. The largest absolute Gasteiger partial charge is 0.379 e. The number of hydrogen-bond acceptors (Lipinski definition) is 4. The number of aryl methyl sites for hydroxylation is 1. The SMILES string of the molecule is Cc1ccc(C(=O)Nc2ccccc2)cc1NC(=O)N(C)CCN1CCOCC1. The monoisotopic (exact) mass is 396 g/mol. The fourth-order valence-electron chi connectivity index (χ4n) is 3.05. The van der Waals surface area contributed by atoms with Crippen LogP contribution in [0.3, 0.4) is 0 Å². The maximum absolute atomic E-state index is 12.6. The normalized spacial score (nSPS) is 14.3. The molecule has 0 bridgehead atoms. The van der Waals surface area contributed by atoms with Crippen LogP contribution in [0.1, 0.15) is 15.9 Å². The second-order valence-electron chi connectivity index (χ2n) is 7.16. The Labute approximate surface area is 171 Å². The number of likely N-dealkylation sites (N-methyl/N-ethyl adjacent to an activating group) is 1. The van der Waals surface area contributed by atoms with Gasteiger partial charge in [-0.05, 0) is 36.8 Å². The summed E-state index contributed by atoms with van der Waals surface area (Å²) in [5.41, 5.74) is 2.75. The first-order chi connectivity index (χ1) is 14.0. The Kier molecular flexibility index (Phi) is 7.21. The standard InChI is InChI=1S/C22H28N4O3/c1-17-8-9-18(21(27)23-19-6-4-3-5-7-19)16-20(17)24-22(28)25(2)10-11-26-12-14-29-15-13-26/h3-9,16H,10-15H2,1-2H3,(H,23,27)(H,24,28). The summed E-state index contributed by atoms with van der Waals surface area (Å²) in [4.78, 5) is 29.0. The van der Waals surface area contributed by atoms with E-state index < -0.39 is 0 Å². The Morgan fingerprint density at radius 2 is 1.79 bits per heavy atom. The van der Waals surface area contributed by atoms with Crippen LogP contribution in [0.2, 0.25) is 0 Å². The number of hydrogen-bond donors (Lipinski definition) is 2. The summed E-state index contributed by atoms with van der Waals surface area (Å²) in [5.74, 6) is -0.215. The molecule has 2 aromatic carbocycles. The molecule has 0 spiro atoms. The van der Waals surface area contributed by atoms with Crippen molar-refractivity contribution < 1.29 is 14.3 Å². The van der Waals surface area contributed by atoms with E-state index in [1.165, 1.54) is 0 Å². The van der Waals surface area contributed by atoms with E-state index in [0.29, 0.717) is 17.8 Å². The van der Waals surface area contributed by atoms with E-state index in [0.717, 1.165) is 44.1 Å². The van der Waals surface area contributed by atoms with Gasteiger partial charge in [0.15, 0.2) is 0 Å². The van der Waals surface area contributed by atoms with Gasteiger partial charge in [0.05, 0.1) is 13.2 Å². The second-order valence-corrected chi connectivity index (χ2v) is 7.16. The van der Waals surface area contributed by atoms with Gasteiger partial charge in [0, 0.05) is 50.2 Å². The first kappa shape index (κ1) is 20.8. The van der Waals surface area contributed by atoms with Crippen molar-refractivity contribution in [1.29, 1.82) is 0 Å². The highest BCUT2D eigenvalue weighted by molar-refractivity contribution is 6.05. The lowest BCUT2D eigenvalue weighted by Gasteiger charge is -2.28. The molecule has 1 heterocycles. The van der Waals surface area contributed by atoms with Crippen LogP contribution in [0.4, 0.5) is 16.2 Å². The Balaban J connectivity index is 1.58. The van der Waals surface area contributed by atoms with Gasteiger partial charge < -0.3 is 20.3 Å². The fraction of sp³-hybridized carbons (Fsp3) is 0.364. The van der Waals surface area contributed by atoms with Crippen LogP contribution in [0, 0.1) is 6.92 Å². The van der Waals surface area contributed by atoms with Gasteiger partial charge in [0.2, 0.25) is 0 Å². The zero-order valence-corrected chi connectivity index (χ0v) is 17.0. The number of rotatable bonds is 6. The van der Waals surface area contributed by atoms with Gasteiger partial charge in [0.25, 0.3) is 5.91 Å². The van der Waals surface area contributed by atoms with Crippen LogP contribution in [0.15, 0.2) is 48.5 Å². The van der Waals surface area contributed by atoms with Crippen molar-refractivity contribution in [2.75, 3.05) is 57.1 Å². The van der Waals surface area contributed by atoms with E-state index in [2.05, 4.69) is 15.5 Å². The molecule has 2 N–H and O–H groups in total. The average molecular weight is 396 g/mol. The molecule has 0 aliphatic carbocycles. The Morgan fingerprint density at radius 3 is 2.52 bits per heavy atom. The summed E-state index contributed by atoms with van der Waals surface area (Å²) >= 11 is 0. The fourth-order valence-corrected chi connectivity index (χ4v) is 3.05. The number of benzene rings is 2. The molecule has 1 aliphatic rings. The second kappa shape index (κ2) is 10.0. The van der Waals surface area contributed by atoms with Gasteiger partial charge in [-0.1, -0.05) is 24.3 Å². The lowest BCUT2D eigenvalue weighted by molar-refractivity contribution is 0.0359. The van der Waals surface area contributed by atoms with Crippen LogP contribution in [-0.2, 0) is 4.74 Å². The highest BCUT2D eigenvalue weighted by atomic mass is 16.5. The number of carbonyl (C=O) groups excluding carboxylic acids is 2. The number of nitrogens with zero attached hydrogens (tertiary/aromatic N) is 2. The third-order valence-electron chi connectivity index (χ3n) is 4.98. The molecule has 1 aliphatic heterocycles. The van der Waals surface area contributed by atoms with Crippen molar-refractivity contribution in [2.45, 2.75) is 6.92 Å². The number of para-hydroxylation sites is 1. The highest BCUT2D eigenvalue weighted by Gasteiger charge is 2.15. The van der Waals surface area contributed by atoms with E-state index in [4.69, 9.17) is 4.74 Å². The summed E-state index contributed by atoms with van der Waals surface area (Å²) in [7, 11) is 1.77. The third-order valence-corrected chi connectivity index (χ3v) is 4.98. The zero-order valence-electron chi connectivity index (χ0n) is 17.0. The minimum Gasteiger partial charge on any atom is -0.379 e. The molecular weight excluding hydrogens is 368 g/mol. The van der Waals surface area contributed by atoms with E-state index >= 15 is 0 Å². The quantitative estimate of drug-likeness (QED) is 0.787. The number of urea groups is 1. The number of carbonyl (C=O) groups is 2. The van der Waals surface area contributed by atoms with Crippen molar-refractivity contribution in [3.8, 4) is 0 Å². The van der Waals surface area contributed by atoms with E-state index in [9.17, 15) is 9.59 Å². The number of anilines is 2. The molecule has 7 heteroatoms. The summed E-state index contributed by atoms with van der Waals surface area (Å²) in [6, 6.07) is 14.4. The molecule has 29 heavy (non-hydrogen) atoms. The molecule has 2 aromatic rings. The Bertz CT molecular complexity index is 835. The molecule has 3 rings (SSSR count). The van der Waals surface area contributed by atoms with Crippen LogP contribution in [-0.4, -0.2) is 68.2 Å². The van der Waals surface area contributed by atoms with Crippen LogP contribution >= 0.6 is 0 Å². The maximum Gasteiger partial charge on any atom is 0.321 e. The van der Waals surface area contributed by atoms with Crippen molar-refractivity contribution in [1.82, 2.24) is 9.80 Å². The number of ether oxygens (including phenoxy) is 1. The molecule has 0 saturated carbocycles. The zero-order chi connectivity index (χ0) is 20.6. The van der Waals surface area contributed by atoms with Gasteiger partial charge in [-0.15, -0.1) is 0 Å². The van der Waals surface area contributed by atoms with Gasteiger partial charge in [-0.3, -0.25) is 9.69 Å². The average Bonchev–Trinajstić information content (AvgIpc) is 2.75. The third kappa shape index (κ3) is 6.04. The Morgan fingerprint density at radius 1 is 1.07 bits per heavy atom. The topological polar surface area (TPSA) is 73.9 Å². The van der Waals surface area contributed by atoms with Crippen LogP contribution in [0.5, 0.6) is 0 Å². The van der Waals surface area contributed by atoms with Gasteiger partial charge in [-0.2, -0.15) is 0 Å². The molecule has 0 radical (unpaired) electrons. The van der Waals surface area contributed by atoms with E-state index in [1.54, 1.807) is 24.1 Å². The first-order valence-electron chi connectivity index (χ1n) is 9.82.